The number of carbonyl (C=O) groups excluding carboxylic acids is 1. The number of anilines is 1. The number of phenolic OH excluding ortho intramolecular Hbond substituents is 1. The molecule has 3 heterocycles. The van der Waals surface area contributed by atoms with Gasteiger partial charge in [-0.2, -0.15) is 9.78 Å². The van der Waals surface area contributed by atoms with Gasteiger partial charge in [-0.3, -0.25) is 4.79 Å². The fourth-order valence-corrected chi connectivity index (χ4v) is 4.87. The second-order valence-electron chi connectivity index (χ2n) is 7.21. The molecule has 2 aromatic heterocycles. The third-order valence-corrected chi connectivity index (χ3v) is 6.23. The lowest BCUT2D eigenvalue weighted by Crippen LogP contribution is -2.24. The van der Waals surface area contributed by atoms with Crippen LogP contribution in [0.1, 0.15) is 36.1 Å². The fourth-order valence-electron chi connectivity index (χ4n) is 3.92. The molecule has 30 heavy (non-hydrogen) atoms. The van der Waals surface area contributed by atoms with Crippen LogP contribution in [0.25, 0.3) is 15.3 Å². The number of ether oxygens (including phenoxy) is 1. The van der Waals surface area contributed by atoms with Crippen molar-refractivity contribution in [1.82, 2.24) is 14.8 Å². The maximum absolute atomic E-state index is 12.5. The predicted molar refractivity (Wildman–Crippen MR) is 116 cm³/mol. The first-order valence-electron chi connectivity index (χ1n) is 9.75. The highest BCUT2D eigenvalue weighted by atomic mass is 32.1. The van der Waals surface area contributed by atoms with Crippen LogP contribution < -0.4 is 10.1 Å². The molecular formula is C22H20N4O3S. The zero-order chi connectivity index (χ0) is 20.8. The summed E-state index contributed by atoms with van der Waals surface area (Å²) in [5.41, 5.74) is 3.65. The molecule has 0 radical (unpaired) electrons. The largest absolute Gasteiger partial charge is 0.508 e. The van der Waals surface area contributed by atoms with E-state index in [0.717, 1.165) is 32.8 Å². The van der Waals surface area contributed by atoms with E-state index in [0.29, 0.717) is 24.0 Å². The Balaban J connectivity index is 1.61. The molecule has 152 valence electrons. The molecule has 7 nitrogen and oxygen atoms in total. The molecule has 0 spiro atoms. The Morgan fingerprint density at radius 1 is 1.27 bits per heavy atom. The quantitative estimate of drug-likeness (QED) is 0.512. The Morgan fingerprint density at radius 3 is 2.83 bits per heavy atom. The Kier molecular flexibility index (Phi) is 4.43. The van der Waals surface area contributed by atoms with Gasteiger partial charge in [-0.25, -0.2) is 4.98 Å². The van der Waals surface area contributed by atoms with Crippen LogP contribution in [0.5, 0.6) is 11.5 Å². The van der Waals surface area contributed by atoms with Crippen LogP contribution in [-0.4, -0.2) is 32.4 Å². The van der Waals surface area contributed by atoms with Gasteiger partial charge >= 0.3 is 0 Å². The van der Waals surface area contributed by atoms with Gasteiger partial charge in [0.1, 0.15) is 17.3 Å². The van der Waals surface area contributed by atoms with E-state index in [1.165, 1.54) is 11.3 Å². The predicted octanol–water partition coefficient (Wildman–Crippen LogP) is 4.37. The molecule has 0 bridgehead atoms. The fraction of sp³-hybridized carbons (Fsp3) is 0.227. The average Bonchev–Trinajstić information content (AvgIpc) is 3.29. The van der Waals surface area contributed by atoms with Gasteiger partial charge < -0.3 is 15.2 Å². The van der Waals surface area contributed by atoms with Crippen molar-refractivity contribution >= 4 is 33.3 Å². The number of hydrogen-bond donors (Lipinski definition) is 2. The van der Waals surface area contributed by atoms with Gasteiger partial charge in [-0.05, 0) is 49.7 Å². The molecule has 0 saturated heterocycles. The van der Waals surface area contributed by atoms with Crippen molar-refractivity contribution in [3.05, 3.63) is 59.3 Å². The maximum Gasteiger partial charge on any atom is 0.226 e. The van der Waals surface area contributed by atoms with Crippen molar-refractivity contribution in [3.8, 4) is 16.6 Å². The topological polar surface area (TPSA) is 89.3 Å². The average molecular weight is 420 g/mol. The normalized spacial score (nSPS) is 15.8. The second kappa shape index (κ2) is 7.14. The number of phenols is 1. The van der Waals surface area contributed by atoms with E-state index >= 15 is 0 Å². The van der Waals surface area contributed by atoms with Crippen molar-refractivity contribution in [2.24, 2.45) is 0 Å². The maximum atomic E-state index is 12.5. The van der Waals surface area contributed by atoms with E-state index in [1.54, 1.807) is 16.8 Å². The Morgan fingerprint density at radius 2 is 2.07 bits per heavy atom. The minimum Gasteiger partial charge on any atom is -0.508 e. The molecule has 0 unspecified atom stereocenters. The number of benzene rings is 2. The van der Waals surface area contributed by atoms with E-state index in [4.69, 9.17) is 14.8 Å². The molecule has 4 aromatic rings. The lowest BCUT2D eigenvalue weighted by molar-refractivity contribution is -0.116. The van der Waals surface area contributed by atoms with Crippen LogP contribution >= 0.6 is 11.3 Å². The van der Waals surface area contributed by atoms with Crippen molar-refractivity contribution in [3.63, 3.8) is 0 Å². The minimum absolute atomic E-state index is 0.0681. The lowest BCUT2D eigenvalue weighted by atomic mass is 9.86. The minimum atomic E-state index is -0.123. The smallest absolute Gasteiger partial charge is 0.226 e. The van der Waals surface area contributed by atoms with Crippen molar-refractivity contribution < 1.29 is 14.6 Å². The number of aromatic hydroxyl groups is 1. The number of nitrogens with one attached hydrogen (secondary N) is 1. The van der Waals surface area contributed by atoms with Gasteiger partial charge in [-0.15, -0.1) is 0 Å². The zero-order valence-electron chi connectivity index (χ0n) is 16.5. The Hall–Kier alpha value is -3.39. The Bertz CT molecular complexity index is 1260. The SMILES string of the molecule is CCOc1ccc2nc(-n3nc(C)c4c3NC(=O)C[C@@H]4c3ccc(O)cc3)sc2c1. The third-order valence-electron chi connectivity index (χ3n) is 5.24. The lowest BCUT2D eigenvalue weighted by Gasteiger charge is -2.24. The standard InChI is InChI=1S/C22H20N4O3S/c1-3-29-15-8-9-17-18(10-15)30-22(23-17)26-21-20(12(2)25-26)16(11-19(28)24-21)13-4-6-14(27)7-5-13/h4-10,16,27H,3,11H2,1-2H3,(H,24,28)/t16-/m1/s1. The van der Waals surface area contributed by atoms with Crippen LogP contribution in [-0.2, 0) is 4.79 Å². The highest BCUT2D eigenvalue weighted by molar-refractivity contribution is 7.20. The third kappa shape index (κ3) is 3.09. The van der Waals surface area contributed by atoms with Crippen molar-refractivity contribution in [2.75, 3.05) is 11.9 Å². The summed E-state index contributed by atoms with van der Waals surface area (Å²) in [5, 5.41) is 18.0. The van der Waals surface area contributed by atoms with Crippen LogP contribution in [0.2, 0.25) is 0 Å². The van der Waals surface area contributed by atoms with Crippen molar-refractivity contribution in [1.29, 1.82) is 0 Å². The summed E-state index contributed by atoms with van der Waals surface area (Å²) >= 11 is 1.50. The number of fused-ring (bicyclic) bond motifs is 2. The van der Waals surface area contributed by atoms with Gasteiger partial charge in [0.2, 0.25) is 11.0 Å². The van der Waals surface area contributed by atoms with Gasteiger partial charge in [0.15, 0.2) is 0 Å². The molecule has 8 heteroatoms. The number of amides is 1. The summed E-state index contributed by atoms with van der Waals surface area (Å²) in [6.07, 6.45) is 0.335. The monoisotopic (exact) mass is 420 g/mol. The van der Waals surface area contributed by atoms with Gasteiger partial charge in [-0.1, -0.05) is 23.5 Å². The molecule has 5 rings (SSSR count). The molecule has 0 aliphatic carbocycles. The molecule has 1 atom stereocenters. The van der Waals surface area contributed by atoms with Gasteiger partial charge in [0.05, 0.1) is 22.5 Å². The van der Waals surface area contributed by atoms with Crippen molar-refractivity contribution in [2.45, 2.75) is 26.2 Å². The number of hydrogen-bond acceptors (Lipinski definition) is 6. The van der Waals surface area contributed by atoms with Gasteiger partial charge in [0, 0.05) is 17.9 Å². The first kappa shape index (κ1) is 18.6. The summed E-state index contributed by atoms with van der Waals surface area (Å²) in [6, 6.07) is 12.8. The highest BCUT2D eigenvalue weighted by Crippen LogP contribution is 2.41. The van der Waals surface area contributed by atoms with Crippen LogP contribution in [0.15, 0.2) is 42.5 Å². The van der Waals surface area contributed by atoms with Crippen LogP contribution in [0.4, 0.5) is 5.82 Å². The molecule has 2 N–H and O–H groups in total. The van der Waals surface area contributed by atoms with E-state index in [2.05, 4.69) is 5.32 Å². The van der Waals surface area contributed by atoms with E-state index in [9.17, 15) is 9.90 Å². The molecule has 1 aliphatic rings. The number of thiazole rings is 1. The van der Waals surface area contributed by atoms with Gasteiger partial charge in [0.25, 0.3) is 0 Å². The molecule has 2 aromatic carbocycles. The molecular weight excluding hydrogens is 400 g/mol. The molecule has 1 aliphatic heterocycles. The van der Waals surface area contributed by atoms with E-state index in [-0.39, 0.29) is 17.6 Å². The van der Waals surface area contributed by atoms with E-state index < -0.39 is 0 Å². The number of aryl methyl sites for hydroxylation is 1. The summed E-state index contributed by atoms with van der Waals surface area (Å²) in [5.74, 6) is 1.47. The van der Waals surface area contributed by atoms with E-state index in [1.807, 2.05) is 44.2 Å². The number of nitrogens with zero attached hydrogens (tertiary/aromatic N) is 3. The number of aromatic nitrogens is 3. The first-order valence-corrected chi connectivity index (χ1v) is 10.6. The highest BCUT2D eigenvalue weighted by Gasteiger charge is 2.33. The zero-order valence-corrected chi connectivity index (χ0v) is 17.4. The molecule has 0 fully saturated rings. The second-order valence-corrected chi connectivity index (χ2v) is 8.22. The summed E-state index contributed by atoms with van der Waals surface area (Å²) in [7, 11) is 0. The van der Waals surface area contributed by atoms with Crippen LogP contribution in [0.3, 0.4) is 0 Å². The number of rotatable bonds is 4. The molecule has 0 saturated carbocycles. The number of carbonyl (C=O) groups is 1. The first-order chi connectivity index (χ1) is 14.5. The summed E-state index contributed by atoms with van der Waals surface area (Å²) in [4.78, 5) is 17.2. The summed E-state index contributed by atoms with van der Waals surface area (Å²) < 4.78 is 8.31. The molecule has 1 amide bonds. The Labute approximate surface area is 176 Å². The summed E-state index contributed by atoms with van der Waals surface area (Å²) in [6.45, 7) is 4.50. The van der Waals surface area contributed by atoms with Crippen LogP contribution in [0, 0.1) is 6.92 Å².